The Balaban J connectivity index is 1.69. The lowest BCUT2D eigenvalue weighted by molar-refractivity contribution is 0.227. The Morgan fingerprint density at radius 2 is 1.96 bits per heavy atom. The minimum atomic E-state index is -0.188. The third kappa shape index (κ3) is 4.23. The van der Waals surface area contributed by atoms with Crippen molar-refractivity contribution in [1.29, 1.82) is 0 Å². The topological polar surface area (TPSA) is 81.1 Å². The number of ether oxygens (including phenoxy) is 1. The maximum atomic E-state index is 12.7. The first-order valence-electron chi connectivity index (χ1n) is 9.66. The highest BCUT2D eigenvalue weighted by Gasteiger charge is 2.28. The smallest absolute Gasteiger partial charge is 0.315 e. The van der Waals surface area contributed by atoms with Crippen LogP contribution in [0.5, 0.6) is 5.75 Å². The van der Waals surface area contributed by atoms with E-state index in [0.717, 1.165) is 48.8 Å². The Morgan fingerprint density at radius 3 is 2.59 bits per heavy atom. The molecule has 2 amide bonds. The van der Waals surface area contributed by atoms with Gasteiger partial charge in [0.25, 0.3) is 0 Å². The monoisotopic (exact) mass is 371 g/mol. The van der Waals surface area contributed by atoms with E-state index in [1.165, 1.54) is 0 Å². The van der Waals surface area contributed by atoms with Gasteiger partial charge in [-0.1, -0.05) is 32.9 Å². The first kappa shape index (κ1) is 19.2. The summed E-state index contributed by atoms with van der Waals surface area (Å²) in [5, 5.41) is 14.8. The van der Waals surface area contributed by atoms with E-state index in [1.54, 1.807) is 7.11 Å². The van der Waals surface area contributed by atoms with Crippen molar-refractivity contribution in [2.24, 2.45) is 5.92 Å². The van der Waals surface area contributed by atoms with Gasteiger partial charge in [0.05, 0.1) is 19.2 Å². The molecule has 1 aromatic carbocycles. The zero-order chi connectivity index (χ0) is 19.4. The molecular weight excluding hydrogens is 342 g/mol. The van der Waals surface area contributed by atoms with E-state index in [2.05, 4.69) is 46.2 Å². The third-order valence-corrected chi connectivity index (χ3v) is 5.10. The average molecular weight is 371 g/mol. The van der Waals surface area contributed by atoms with E-state index in [4.69, 9.17) is 4.74 Å². The maximum Gasteiger partial charge on any atom is 0.315 e. The molecule has 2 heterocycles. The molecule has 2 aromatic rings. The van der Waals surface area contributed by atoms with Crippen molar-refractivity contribution in [3.8, 4) is 5.75 Å². The summed E-state index contributed by atoms with van der Waals surface area (Å²) in [5.41, 5.74) is 1.05. The zero-order valence-corrected chi connectivity index (χ0v) is 16.5. The van der Waals surface area contributed by atoms with Gasteiger partial charge in [-0.15, -0.1) is 10.2 Å². The van der Waals surface area contributed by atoms with Crippen molar-refractivity contribution < 1.29 is 9.53 Å². The fourth-order valence-electron chi connectivity index (χ4n) is 3.53. The van der Waals surface area contributed by atoms with Crippen LogP contribution in [0.3, 0.4) is 0 Å². The maximum absolute atomic E-state index is 12.7. The van der Waals surface area contributed by atoms with E-state index in [-0.39, 0.29) is 24.0 Å². The van der Waals surface area contributed by atoms with E-state index < -0.39 is 0 Å². The van der Waals surface area contributed by atoms with Gasteiger partial charge >= 0.3 is 6.03 Å². The van der Waals surface area contributed by atoms with Crippen LogP contribution < -0.4 is 15.4 Å². The van der Waals surface area contributed by atoms with Crippen molar-refractivity contribution in [1.82, 2.24) is 25.4 Å². The number of hydrogen-bond donors (Lipinski definition) is 2. The summed E-state index contributed by atoms with van der Waals surface area (Å²) in [6.07, 6.45) is 2.84. The van der Waals surface area contributed by atoms with Crippen molar-refractivity contribution in [2.45, 2.75) is 58.7 Å². The Bertz CT molecular complexity index is 769. The van der Waals surface area contributed by atoms with Gasteiger partial charge in [0.2, 0.25) is 0 Å². The molecule has 27 heavy (non-hydrogen) atoms. The van der Waals surface area contributed by atoms with Crippen LogP contribution in [-0.2, 0) is 13.0 Å². The lowest BCUT2D eigenvalue weighted by atomic mass is 10.0. The Labute approximate surface area is 160 Å². The predicted octanol–water partition coefficient (Wildman–Crippen LogP) is 3.38. The molecule has 2 unspecified atom stereocenters. The highest BCUT2D eigenvalue weighted by molar-refractivity contribution is 5.75. The number of nitrogens with one attached hydrogen (secondary N) is 2. The molecule has 2 atom stereocenters. The number of urea groups is 1. The molecule has 1 aromatic heterocycles. The Hall–Kier alpha value is -2.57. The highest BCUT2D eigenvalue weighted by Crippen LogP contribution is 2.25. The first-order valence-corrected chi connectivity index (χ1v) is 9.66. The van der Waals surface area contributed by atoms with Crippen LogP contribution in [-0.4, -0.2) is 27.9 Å². The van der Waals surface area contributed by atoms with Crippen LogP contribution in [0, 0.1) is 5.92 Å². The quantitative estimate of drug-likeness (QED) is 0.782. The van der Waals surface area contributed by atoms with E-state index >= 15 is 0 Å². The van der Waals surface area contributed by atoms with Crippen LogP contribution in [0.4, 0.5) is 4.79 Å². The van der Waals surface area contributed by atoms with E-state index in [1.807, 2.05) is 24.3 Å². The summed E-state index contributed by atoms with van der Waals surface area (Å²) in [4.78, 5) is 12.7. The molecule has 0 radical (unpaired) electrons. The Morgan fingerprint density at radius 1 is 1.22 bits per heavy atom. The lowest BCUT2D eigenvalue weighted by Gasteiger charge is -2.24. The van der Waals surface area contributed by atoms with Gasteiger partial charge in [-0.25, -0.2) is 4.79 Å². The second-order valence-electron chi connectivity index (χ2n) is 7.30. The van der Waals surface area contributed by atoms with Gasteiger partial charge in [-0.2, -0.15) is 0 Å². The molecule has 2 N–H and O–H groups in total. The fourth-order valence-corrected chi connectivity index (χ4v) is 3.53. The number of carbonyl (C=O) groups excluding carboxylic acids is 1. The molecule has 1 aliphatic rings. The van der Waals surface area contributed by atoms with Crippen LogP contribution in [0.1, 0.15) is 62.9 Å². The zero-order valence-electron chi connectivity index (χ0n) is 16.5. The number of nitrogens with zero attached hydrogens (tertiary/aromatic N) is 3. The standard InChI is InChI=1S/C20H29N5O2/c1-5-16(14-8-10-15(27-4)11-9-14)21-20(26)22-18(13(2)3)19-24-23-17-7-6-12-25(17)19/h8-11,13,16,18H,5-7,12H2,1-4H3,(H2,21,22,26). The average Bonchev–Trinajstić information content (AvgIpc) is 3.28. The SMILES string of the molecule is CCC(NC(=O)NC(c1nnc2n1CCC2)C(C)C)c1ccc(OC)cc1. The molecule has 0 bridgehead atoms. The molecule has 0 aliphatic carbocycles. The number of benzene rings is 1. The number of hydrogen-bond acceptors (Lipinski definition) is 4. The number of amides is 2. The minimum absolute atomic E-state index is 0.0622. The first-order chi connectivity index (χ1) is 13.0. The van der Waals surface area contributed by atoms with Crippen LogP contribution in [0.25, 0.3) is 0 Å². The van der Waals surface area contributed by atoms with Crippen LogP contribution in [0.15, 0.2) is 24.3 Å². The summed E-state index contributed by atoms with van der Waals surface area (Å²) in [6, 6.07) is 7.37. The van der Waals surface area contributed by atoms with Gasteiger partial charge in [0.1, 0.15) is 11.6 Å². The van der Waals surface area contributed by atoms with Crippen molar-refractivity contribution >= 4 is 6.03 Å². The summed E-state index contributed by atoms with van der Waals surface area (Å²) in [6.45, 7) is 7.15. The number of rotatable bonds is 7. The van der Waals surface area contributed by atoms with Gasteiger partial charge in [-0.3, -0.25) is 0 Å². The van der Waals surface area contributed by atoms with Crippen molar-refractivity contribution in [3.05, 3.63) is 41.5 Å². The fraction of sp³-hybridized carbons (Fsp3) is 0.550. The van der Waals surface area contributed by atoms with E-state index in [9.17, 15) is 4.79 Å². The molecule has 0 spiro atoms. The summed E-state index contributed by atoms with van der Waals surface area (Å²) < 4.78 is 7.35. The minimum Gasteiger partial charge on any atom is -0.497 e. The second kappa shape index (κ2) is 8.41. The van der Waals surface area contributed by atoms with Crippen molar-refractivity contribution in [3.63, 3.8) is 0 Å². The van der Waals surface area contributed by atoms with Gasteiger partial charge < -0.3 is 19.9 Å². The number of carbonyl (C=O) groups is 1. The van der Waals surface area contributed by atoms with Gasteiger partial charge in [-0.05, 0) is 36.5 Å². The summed E-state index contributed by atoms with van der Waals surface area (Å²) in [5.74, 6) is 2.89. The summed E-state index contributed by atoms with van der Waals surface area (Å²) >= 11 is 0. The van der Waals surface area contributed by atoms with Gasteiger partial charge in [0.15, 0.2) is 5.82 Å². The number of aromatic nitrogens is 3. The molecule has 7 nitrogen and oxygen atoms in total. The molecule has 0 saturated carbocycles. The normalized spacial score (nSPS) is 15.3. The molecule has 1 aliphatic heterocycles. The van der Waals surface area contributed by atoms with Gasteiger partial charge in [0, 0.05) is 13.0 Å². The highest BCUT2D eigenvalue weighted by atomic mass is 16.5. The number of aryl methyl sites for hydroxylation is 1. The summed E-state index contributed by atoms with van der Waals surface area (Å²) in [7, 11) is 1.64. The lowest BCUT2D eigenvalue weighted by Crippen LogP contribution is -2.42. The second-order valence-corrected chi connectivity index (χ2v) is 7.30. The number of fused-ring (bicyclic) bond motifs is 1. The predicted molar refractivity (Wildman–Crippen MR) is 104 cm³/mol. The molecule has 7 heteroatoms. The van der Waals surface area contributed by atoms with E-state index in [0.29, 0.717) is 0 Å². The molecule has 0 saturated heterocycles. The number of methoxy groups -OCH3 is 1. The van der Waals surface area contributed by atoms with Crippen LogP contribution >= 0.6 is 0 Å². The third-order valence-electron chi connectivity index (χ3n) is 5.10. The molecule has 0 fully saturated rings. The molecular formula is C20H29N5O2. The molecule has 3 rings (SSSR count). The van der Waals surface area contributed by atoms with Crippen LogP contribution in [0.2, 0.25) is 0 Å². The largest absolute Gasteiger partial charge is 0.497 e. The molecule has 146 valence electrons. The van der Waals surface area contributed by atoms with Crippen molar-refractivity contribution in [2.75, 3.05) is 7.11 Å². The Kier molecular flexibility index (Phi) is 5.98.